The molecular formula is C11H13N5O2. The first kappa shape index (κ1) is 11.9. The highest BCUT2D eigenvalue weighted by molar-refractivity contribution is 6.05. The van der Waals surface area contributed by atoms with Gasteiger partial charge in [0.1, 0.15) is 12.1 Å². The molecule has 1 aromatic heterocycles. The third kappa shape index (κ3) is 2.24. The third-order valence-electron chi connectivity index (χ3n) is 2.41. The number of nitrogen functional groups attached to an aromatic ring is 1. The molecule has 0 radical (unpaired) electrons. The third-order valence-corrected chi connectivity index (χ3v) is 2.41. The zero-order valence-electron chi connectivity index (χ0n) is 10.0. The zero-order valence-corrected chi connectivity index (χ0v) is 10.0. The summed E-state index contributed by atoms with van der Waals surface area (Å²) >= 11 is 0. The molecule has 3 N–H and O–H groups in total. The van der Waals surface area contributed by atoms with Crippen LogP contribution in [0.4, 0.5) is 11.6 Å². The molecule has 0 aliphatic carbocycles. The number of ether oxygens (including phenoxy) is 1. The van der Waals surface area contributed by atoms with Gasteiger partial charge >= 0.3 is 0 Å². The van der Waals surface area contributed by atoms with Gasteiger partial charge in [-0.1, -0.05) is 0 Å². The summed E-state index contributed by atoms with van der Waals surface area (Å²) in [4.78, 5) is 16.0. The number of hydrogen-bond donors (Lipinski definition) is 2. The number of benzene rings is 1. The van der Waals surface area contributed by atoms with E-state index >= 15 is 0 Å². The molecule has 0 atom stereocenters. The number of carbonyl (C=O) groups is 1. The van der Waals surface area contributed by atoms with Crippen LogP contribution in [0.2, 0.25) is 0 Å². The van der Waals surface area contributed by atoms with E-state index in [0.717, 1.165) is 0 Å². The first-order valence-electron chi connectivity index (χ1n) is 5.20. The van der Waals surface area contributed by atoms with Crippen molar-refractivity contribution in [1.82, 2.24) is 14.8 Å². The van der Waals surface area contributed by atoms with Gasteiger partial charge < -0.3 is 10.5 Å². The Morgan fingerprint density at radius 2 is 2.28 bits per heavy atom. The minimum absolute atomic E-state index is 0.331. The second-order valence-electron chi connectivity index (χ2n) is 3.62. The molecule has 2 rings (SSSR count). The molecule has 1 amide bonds. The van der Waals surface area contributed by atoms with E-state index in [1.54, 1.807) is 25.2 Å². The van der Waals surface area contributed by atoms with E-state index in [2.05, 4.69) is 15.4 Å². The first-order chi connectivity index (χ1) is 8.61. The number of aromatic nitrogens is 3. The number of hydrogen-bond acceptors (Lipinski definition) is 5. The number of anilines is 2. The van der Waals surface area contributed by atoms with Crippen LogP contribution in [0.15, 0.2) is 24.5 Å². The Morgan fingerprint density at radius 3 is 2.89 bits per heavy atom. The molecule has 7 heteroatoms. The van der Waals surface area contributed by atoms with Crippen LogP contribution < -0.4 is 15.8 Å². The van der Waals surface area contributed by atoms with Gasteiger partial charge in [0.05, 0.1) is 12.7 Å². The standard InChI is InChI=1S/C11H13N5O2/c1-16-11(13-6-14-16)15-10(17)8-4-3-7(12)5-9(8)18-2/h3-6H,12H2,1-2H3,(H,13,14,15,17). The van der Waals surface area contributed by atoms with Crippen molar-refractivity contribution >= 4 is 17.5 Å². The number of amides is 1. The van der Waals surface area contributed by atoms with Crippen molar-refractivity contribution in [1.29, 1.82) is 0 Å². The predicted molar refractivity (Wildman–Crippen MR) is 66.4 cm³/mol. The largest absolute Gasteiger partial charge is 0.496 e. The normalized spacial score (nSPS) is 10.1. The fraction of sp³-hybridized carbons (Fsp3) is 0.182. The minimum atomic E-state index is -0.331. The summed E-state index contributed by atoms with van der Waals surface area (Å²) < 4.78 is 6.57. The summed E-state index contributed by atoms with van der Waals surface area (Å²) in [6.45, 7) is 0. The van der Waals surface area contributed by atoms with Crippen molar-refractivity contribution in [3.05, 3.63) is 30.1 Å². The Bertz CT molecular complexity index is 579. The molecule has 1 aromatic carbocycles. The Morgan fingerprint density at radius 1 is 1.50 bits per heavy atom. The quantitative estimate of drug-likeness (QED) is 0.777. The van der Waals surface area contributed by atoms with Crippen LogP contribution in [0.3, 0.4) is 0 Å². The summed E-state index contributed by atoms with van der Waals surface area (Å²) in [5, 5.41) is 6.49. The minimum Gasteiger partial charge on any atom is -0.496 e. The number of methoxy groups -OCH3 is 1. The molecule has 0 aliphatic heterocycles. The molecule has 0 unspecified atom stereocenters. The SMILES string of the molecule is COc1cc(N)ccc1C(=O)Nc1ncnn1C. The Hall–Kier alpha value is -2.57. The Kier molecular flexibility index (Phi) is 3.13. The fourth-order valence-electron chi connectivity index (χ4n) is 1.47. The summed E-state index contributed by atoms with van der Waals surface area (Å²) in [7, 11) is 3.16. The average Bonchev–Trinajstić information content (AvgIpc) is 2.74. The molecule has 94 valence electrons. The van der Waals surface area contributed by atoms with Gasteiger partial charge in [-0.05, 0) is 12.1 Å². The summed E-state index contributed by atoms with van der Waals surface area (Å²) in [6, 6.07) is 4.82. The molecule has 18 heavy (non-hydrogen) atoms. The van der Waals surface area contributed by atoms with E-state index in [-0.39, 0.29) is 5.91 Å². The van der Waals surface area contributed by atoms with E-state index in [0.29, 0.717) is 22.9 Å². The molecule has 0 bridgehead atoms. The smallest absolute Gasteiger partial charge is 0.261 e. The number of nitrogens with zero attached hydrogens (tertiary/aromatic N) is 3. The molecule has 0 aliphatic rings. The maximum absolute atomic E-state index is 12.0. The van der Waals surface area contributed by atoms with Gasteiger partial charge in [-0.3, -0.25) is 10.1 Å². The van der Waals surface area contributed by atoms with E-state index in [9.17, 15) is 4.79 Å². The molecule has 7 nitrogen and oxygen atoms in total. The van der Waals surface area contributed by atoms with Crippen LogP contribution in [0.25, 0.3) is 0 Å². The van der Waals surface area contributed by atoms with Gasteiger partial charge in [-0.15, -0.1) is 0 Å². The van der Waals surface area contributed by atoms with Gasteiger partial charge in [0.2, 0.25) is 5.95 Å². The summed E-state index contributed by atoms with van der Waals surface area (Å²) in [5.74, 6) is 0.441. The lowest BCUT2D eigenvalue weighted by Crippen LogP contribution is -2.16. The number of rotatable bonds is 3. The maximum Gasteiger partial charge on any atom is 0.261 e. The highest BCUT2D eigenvalue weighted by atomic mass is 16.5. The van der Waals surface area contributed by atoms with Crippen LogP contribution in [-0.2, 0) is 7.05 Å². The van der Waals surface area contributed by atoms with E-state index in [1.807, 2.05) is 0 Å². The topological polar surface area (TPSA) is 95.1 Å². The average molecular weight is 247 g/mol. The number of aryl methyl sites for hydroxylation is 1. The zero-order chi connectivity index (χ0) is 13.1. The van der Waals surface area contributed by atoms with Crippen molar-refractivity contribution in [3.8, 4) is 5.75 Å². The second kappa shape index (κ2) is 4.74. The Balaban J connectivity index is 2.26. The van der Waals surface area contributed by atoms with Crippen LogP contribution in [0.1, 0.15) is 10.4 Å². The van der Waals surface area contributed by atoms with Crippen molar-refractivity contribution in [2.75, 3.05) is 18.2 Å². The van der Waals surface area contributed by atoms with Crippen molar-refractivity contribution in [3.63, 3.8) is 0 Å². The molecule has 0 saturated heterocycles. The highest BCUT2D eigenvalue weighted by Gasteiger charge is 2.14. The second-order valence-corrected chi connectivity index (χ2v) is 3.62. The van der Waals surface area contributed by atoms with Gasteiger partial charge in [0.15, 0.2) is 0 Å². The van der Waals surface area contributed by atoms with E-state index in [1.165, 1.54) is 18.1 Å². The summed E-state index contributed by atoms with van der Waals surface area (Å²) in [6.07, 6.45) is 1.36. The van der Waals surface area contributed by atoms with Crippen LogP contribution in [0.5, 0.6) is 5.75 Å². The lowest BCUT2D eigenvalue weighted by Gasteiger charge is -2.09. The number of nitrogens with two attached hydrogens (primary N) is 1. The molecule has 0 spiro atoms. The molecule has 1 heterocycles. The highest BCUT2D eigenvalue weighted by Crippen LogP contribution is 2.22. The van der Waals surface area contributed by atoms with Crippen LogP contribution in [-0.4, -0.2) is 27.8 Å². The van der Waals surface area contributed by atoms with Crippen LogP contribution >= 0.6 is 0 Å². The lowest BCUT2D eigenvalue weighted by molar-refractivity contribution is 0.102. The van der Waals surface area contributed by atoms with Gasteiger partial charge in [-0.25, -0.2) is 4.68 Å². The lowest BCUT2D eigenvalue weighted by atomic mass is 10.1. The van der Waals surface area contributed by atoms with Crippen LogP contribution in [0, 0.1) is 0 Å². The van der Waals surface area contributed by atoms with Crippen molar-refractivity contribution in [2.24, 2.45) is 7.05 Å². The van der Waals surface area contributed by atoms with Gasteiger partial charge in [0.25, 0.3) is 5.91 Å². The number of carbonyl (C=O) groups excluding carboxylic acids is 1. The van der Waals surface area contributed by atoms with E-state index in [4.69, 9.17) is 10.5 Å². The molecule has 0 saturated carbocycles. The van der Waals surface area contributed by atoms with Gasteiger partial charge in [0, 0.05) is 18.8 Å². The first-order valence-corrected chi connectivity index (χ1v) is 5.20. The fourth-order valence-corrected chi connectivity index (χ4v) is 1.47. The summed E-state index contributed by atoms with van der Waals surface area (Å²) in [5.41, 5.74) is 6.54. The Labute approximate surface area is 104 Å². The predicted octanol–water partition coefficient (Wildman–Crippen LogP) is 0.658. The molecule has 0 fully saturated rings. The van der Waals surface area contributed by atoms with Gasteiger partial charge in [-0.2, -0.15) is 10.1 Å². The van der Waals surface area contributed by atoms with Crippen molar-refractivity contribution in [2.45, 2.75) is 0 Å². The molecular weight excluding hydrogens is 234 g/mol. The van der Waals surface area contributed by atoms with Crippen molar-refractivity contribution < 1.29 is 9.53 Å². The maximum atomic E-state index is 12.0. The number of nitrogens with one attached hydrogen (secondary N) is 1. The monoisotopic (exact) mass is 247 g/mol. The van der Waals surface area contributed by atoms with E-state index < -0.39 is 0 Å². The molecule has 2 aromatic rings.